The minimum absolute atomic E-state index is 0.406. The molecule has 18 heavy (non-hydrogen) atoms. The number of benzene rings is 1. The predicted octanol–water partition coefficient (Wildman–Crippen LogP) is 3.25. The van der Waals surface area contributed by atoms with Gasteiger partial charge in [0, 0.05) is 12.1 Å². The van der Waals surface area contributed by atoms with Crippen LogP contribution in [0.1, 0.15) is 42.9 Å². The molecule has 3 rings (SSSR count). The molecule has 2 N–H and O–H groups in total. The summed E-state index contributed by atoms with van der Waals surface area (Å²) in [5, 5.41) is 13.4. The Kier molecular flexibility index (Phi) is 3.80. The van der Waals surface area contributed by atoms with Gasteiger partial charge in [0.1, 0.15) is 5.75 Å². The van der Waals surface area contributed by atoms with Crippen LogP contribution in [0, 0.1) is 0 Å². The van der Waals surface area contributed by atoms with Crippen LogP contribution in [0.15, 0.2) is 18.2 Å². The van der Waals surface area contributed by atoms with Crippen molar-refractivity contribution in [2.24, 2.45) is 0 Å². The molecule has 1 aromatic rings. The number of thioether (sulfide) groups is 1. The van der Waals surface area contributed by atoms with Crippen molar-refractivity contribution in [3.63, 3.8) is 0 Å². The van der Waals surface area contributed by atoms with Gasteiger partial charge in [-0.3, -0.25) is 0 Å². The molecule has 1 aliphatic heterocycles. The first kappa shape index (κ1) is 12.4. The van der Waals surface area contributed by atoms with Gasteiger partial charge in [0.05, 0.1) is 0 Å². The zero-order valence-corrected chi connectivity index (χ0v) is 11.5. The second-order valence-electron chi connectivity index (χ2n) is 5.38. The van der Waals surface area contributed by atoms with E-state index < -0.39 is 0 Å². The molecule has 1 unspecified atom stereocenters. The van der Waals surface area contributed by atoms with Crippen LogP contribution in [-0.4, -0.2) is 22.7 Å². The molecular weight excluding hydrogens is 242 g/mol. The van der Waals surface area contributed by atoms with Gasteiger partial charge in [-0.1, -0.05) is 6.07 Å². The van der Waals surface area contributed by atoms with Crippen molar-refractivity contribution >= 4 is 11.8 Å². The van der Waals surface area contributed by atoms with Crippen molar-refractivity contribution in [1.82, 2.24) is 5.32 Å². The van der Waals surface area contributed by atoms with E-state index >= 15 is 0 Å². The molecule has 0 spiro atoms. The minimum Gasteiger partial charge on any atom is -0.508 e. The average molecular weight is 263 g/mol. The summed E-state index contributed by atoms with van der Waals surface area (Å²) in [6, 6.07) is 7.08. The molecule has 1 fully saturated rings. The third-order valence-electron chi connectivity index (χ3n) is 4.10. The molecule has 0 bridgehead atoms. The number of aryl methyl sites for hydroxylation is 1. The molecule has 1 aliphatic carbocycles. The number of aromatic hydroxyl groups is 1. The summed E-state index contributed by atoms with van der Waals surface area (Å²) >= 11 is 2.08. The number of fused-ring (bicyclic) bond motifs is 1. The van der Waals surface area contributed by atoms with Crippen molar-refractivity contribution < 1.29 is 5.11 Å². The molecule has 0 saturated carbocycles. The van der Waals surface area contributed by atoms with Crippen LogP contribution in [-0.2, 0) is 6.42 Å². The molecule has 1 saturated heterocycles. The van der Waals surface area contributed by atoms with Gasteiger partial charge in [-0.05, 0) is 66.9 Å². The predicted molar refractivity (Wildman–Crippen MR) is 77.3 cm³/mol. The largest absolute Gasteiger partial charge is 0.508 e. The number of phenolic OH excluding ortho intramolecular Hbond substituents is 1. The maximum Gasteiger partial charge on any atom is 0.115 e. The van der Waals surface area contributed by atoms with E-state index in [2.05, 4.69) is 23.1 Å². The van der Waals surface area contributed by atoms with Gasteiger partial charge in [0.15, 0.2) is 0 Å². The van der Waals surface area contributed by atoms with Crippen LogP contribution < -0.4 is 5.32 Å². The molecule has 98 valence electrons. The quantitative estimate of drug-likeness (QED) is 0.859. The van der Waals surface area contributed by atoms with Crippen molar-refractivity contribution in [1.29, 1.82) is 0 Å². The number of hydrogen-bond donors (Lipinski definition) is 2. The van der Waals surface area contributed by atoms with Gasteiger partial charge >= 0.3 is 0 Å². The third kappa shape index (κ3) is 2.67. The van der Waals surface area contributed by atoms with E-state index in [0.717, 1.165) is 6.42 Å². The lowest BCUT2D eigenvalue weighted by molar-refractivity contribution is 0.377. The Morgan fingerprint density at radius 3 is 2.83 bits per heavy atom. The van der Waals surface area contributed by atoms with E-state index in [1.165, 1.54) is 48.3 Å². The summed E-state index contributed by atoms with van der Waals surface area (Å²) in [7, 11) is 0. The van der Waals surface area contributed by atoms with Gasteiger partial charge in [-0.2, -0.15) is 11.8 Å². The van der Waals surface area contributed by atoms with Crippen LogP contribution in [0.2, 0.25) is 0 Å². The van der Waals surface area contributed by atoms with E-state index in [1.807, 2.05) is 12.1 Å². The Balaban J connectivity index is 1.74. The van der Waals surface area contributed by atoms with E-state index in [-0.39, 0.29) is 0 Å². The number of phenols is 1. The van der Waals surface area contributed by atoms with E-state index in [9.17, 15) is 5.11 Å². The first-order valence-corrected chi connectivity index (χ1v) is 8.14. The minimum atomic E-state index is 0.406. The topological polar surface area (TPSA) is 32.3 Å². The molecule has 1 atom stereocenters. The molecule has 0 amide bonds. The van der Waals surface area contributed by atoms with E-state index in [4.69, 9.17) is 0 Å². The van der Waals surface area contributed by atoms with Gasteiger partial charge in [0.2, 0.25) is 0 Å². The standard InChI is InChI=1S/C15H21NOS/c17-13-4-5-14-11(10-13)2-1-3-15(14)16-12-6-8-18-9-7-12/h4-5,10,12,15-17H,1-3,6-9H2. The highest BCUT2D eigenvalue weighted by molar-refractivity contribution is 7.99. The highest BCUT2D eigenvalue weighted by Crippen LogP contribution is 2.33. The van der Waals surface area contributed by atoms with Crippen LogP contribution in [0.3, 0.4) is 0 Å². The van der Waals surface area contributed by atoms with Crippen LogP contribution >= 0.6 is 11.8 Å². The van der Waals surface area contributed by atoms with Crippen LogP contribution in [0.25, 0.3) is 0 Å². The fourth-order valence-corrected chi connectivity index (χ4v) is 4.23. The Bertz CT molecular complexity index is 415. The van der Waals surface area contributed by atoms with Crippen molar-refractivity contribution in [3.05, 3.63) is 29.3 Å². The normalized spacial score (nSPS) is 24.8. The van der Waals surface area contributed by atoms with Gasteiger partial charge in [0.25, 0.3) is 0 Å². The van der Waals surface area contributed by atoms with Crippen LogP contribution in [0.5, 0.6) is 5.75 Å². The summed E-state index contributed by atoms with van der Waals surface area (Å²) in [6.45, 7) is 0. The lowest BCUT2D eigenvalue weighted by Gasteiger charge is -2.32. The monoisotopic (exact) mass is 263 g/mol. The summed E-state index contributed by atoms with van der Waals surface area (Å²) in [6.07, 6.45) is 6.18. The zero-order valence-electron chi connectivity index (χ0n) is 10.7. The molecule has 3 heteroatoms. The third-order valence-corrected chi connectivity index (χ3v) is 5.15. The highest BCUT2D eigenvalue weighted by atomic mass is 32.2. The zero-order chi connectivity index (χ0) is 12.4. The average Bonchev–Trinajstić information content (AvgIpc) is 2.40. The molecular formula is C15H21NOS. The first-order valence-electron chi connectivity index (χ1n) is 6.98. The van der Waals surface area contributed by atoms with Gasteiger partial charge < -0.3 is 10.4 Å². The second-order valence-corrected chi connectivity index (χ2v) is 6.61. The highest BCUT2D eigenvalue weighted by Gasteiger charge is 2.23. The number of nitrogens with one attached hydrogen (secondary N) is 1. The summed E-state index contributed by atoms with van der Waals surface area (Å²) in [4.78, 5) is 0. The maximum atomic E-state index is 9.57. The van der Waals surface area contributed by atoms with Gasteiger partial charge in [-0.15, -0.1) is 0 Å². The molecule has 0 aromatic heterocycles. The Morgan fingerprint density at radius 2 is 2.00 bits per heavy atom. The maximum absolute atomic E-state index is 9.57. The molecule has 1 heterocycles. The lowest BCUT2D eigenvalue weighted by atomic mass is 9.87. The van der Waals surface area contributed by atoms with Crippen molar-refractivity contribution in [2.75, 3.05) is 11.5 Å². The smallest absolute Gasteiger partial charge is 0.115 e. The first-order chi connectivity index (χ1) is 8.83. The fraction of sp³-hybridized carbons (Fsp3) is 0.600. The summed E-state index contributed by atoms with van der Waals surface area (Å²) in [5.74, 6) is 3.00. The number of rotatable bonds is 2. The second kappa shape index (κ2) is 5.54. The summed E-state index contributed by atoms with van der Waals surface area (Å²) in [5.41, 5.74) is 2.75. The van der Waals surface area contributed by atoms with Gasteiger partial charge in [-0.25, -0.2) is 0 Å². The molecule has 2 nitrogen and oxygen atoms in total. The fourth-order valence-electron chi connectivity index (χ4n) is 3.12. The van der Waals surface area contributed by atoms with E-state index in [1.54, 1.807) is 0 Å². The molecule has 0 radical (unpaired) electrons. The van der Waals surface area contributed by atoms with E-state index in [0.29, 0.717) is 17.8 Å². The van der Waals surface area contributed by atoms with Crippen molar-refractivity contribution in [2.45, 2.75) is 44.2 Å². The number of hydrogen-bond acceptors (Lipinski definition) is 3. The Hall–Kier alpha value is -0.670. The molecule has 1 aromatic carbocycles. The molecule has 2 aliphatic rings. The lowest BCUT2D eigenvalue weighted by Crippen LogP contribution is -2.37. The summed E-state index contributed by atoms with van der Waals surface area (Å²) < 4.78 is 0. The Morgan fingerprint density at radius 1 is 1.17 bits per heavy atom. The van der Waals surface area contributed by atoms with Crippen molar-refractivity contribution in [3.8, 4) is 5.75 Å². The van der Waals surface area contributed by atoms with Crippen LogP contribution in [0.4, 0.5) is 0 Å². The Labute approximate surface area is 113 Å². The SMILES string of the molecule is Oc1ccc2c(c1)CCCC2NC1CCSCC1.